The number of carbonyl (C=O) groups excluding carboxylic acids is 1. The molecule has 0 bridgehead atoms. The number of aromatic nitrogens is 2. The second-order valence-corrected chi connectivity index (χ2v) is 8.85. The lowest BCUT2D eigenvalue weighted by atomic mass is 10.1. The van der Waals surface area contributed by atoms with Gasteiger partial charge in [0.25, 0.3) is 0 Å². The van der Waals surface area contributed by atoms with E-state index in [1.54, 1.807) is 0 Å². The van der Waals surface area contributed by atoms with Gasteiger partial charge in [0.05, 0.1) is 22.5 Å². The van der Waals surface area contributed by atoms with Gasteiger partial charge in [-0.05, 0) is 48.9 Å². The van der Waals surface area contributed by atoms with Crippen LogP contribution in [0, 0.1) is 6.92 Å². The summed E-state index contributed by atoms with van der Waals surface area (Å²) < 4.78 is 0.974. The summed E-state index contributed by atoms with van der Waals surface area (Å²) in [5.74, 6) is 0.197. The van der Waals surface area contributed by atoms with Crippen molar-refractivity contribution < 1.29 is 4.79 Å². The van der Waals surface area contributed by atoms with Crippen LogP contribution >= 0.6 is 27.7 Å². The summed E-state index contributed by atoms with van der Waals surface area (Å²) in [6, 6.07) is 23.8. The monoisotopic (exact) mass is 477 g/mol. The van der Waals surface area contributed by atoms with Gasteiger partial charge < -0.3 is 5.32 Å². The van der Waals surface area contributed by atoms with Crippen LogP contribution in [-0.4, -0.2) is 21.6 Å². The number of halogens is 1. The van der Waals surface area contributed by atoms with E-state index in [0.717, 1.165) is 31.9 Å². The number of nitrogens with one attached hydrogen (secondary N) is 1. The van der Waals surface area contributed by atoms with Crippen molar-refractivity contribution in [2.24, 2.45) is 0 Å². The van der Waals surface area contributed by atoms with E-state index in [0.29, 0.717) is 6.42 Å². The van der Waals surface area contributed by atoms with Crippen LogP contribution < -0.4 is 5.32 Å². The highest BCUT2D eigenvalue weighted by molar-refractivity contribution is 9.10. The number of rotatable bonds is 6. The Balaban J connectivity index is 1.54. The third-order valence-corrected chi connectivity index (χ3v) is 6.10. The molecule has 1 N–H and O–H groups in total. The first-order valence-corrected chi connectivity index (χ1v) is 11.3. The van der Waals surface area contributed by atoms with Crippen LogP contribution in [0.25, 0.3) is 11.0 Å². The number of thioether (sulfide) groups is 1. The number of hydrogen-bond donors (Lipinski definition) is 1. The summed E-state index contributed by atoms with van der Waals surface area (Å²) in [7, 11) is 0. The maximum atomic E-state index is 12.4. The lowest BCUT2D eigenvalue weighted by molar-refractivity contribution is -0.113. The van der Waals surface area contributed by atoms with E-state index in [2.05, 4.69) is 52.4 Å². The van der Waals surface area contributed by atoms with Crippen molar-refractivity contribution >= 4 is 50.3 Å². The van der Waals surface area contributed by atoms with Crippen LogP contribution in [0.15, 0.2) is 82.3 Å². The third kappa shape index (κ3) is 5.26. The first kappa shape index (κ1) is 20.6. The molecule has 0 fully saturated rings. The topological polar surface area (TPSA) is 54.9 Å². The summed E-state index contributed by atoms with van der Waals surface area (Å²) in [5, 5.41) is 3.72. The summed E-state index contributed by atoms with van der Waals surface area (Å²) in [4.78, 5) is 22.1. The molecule has 4 aromatic rings. The fourth-order valence-corrected chi connectivity index (χ4v) is 4.07. The van der Waals surface area contributed by atoms with Gasteiger partial charge in [0.2, 0.25) is 5.91 Å². The molecule has 1 heterocycles. The number of carbonyl (C=O) groups is 1. The Kier molecular flexibility index (Phi) is 6.45. The highest BCUT2D eigenvalue weighted by Gasteiger charge is 2.13. The second-order valence-electron chi connectivity index (χ2n) is 6.97. The summed E-state index contributed by atoms with van der Waals surface area (Å²) in [6.45, 7) is 2.07. The molecule has 150 valence electrons. The number of anilines is 1. The molecule has 3 aromatic carbocycles. The van der Waals surface area contributed by atoms with Gasteiger partial charge in [-0.25, -0.2) is 9.97 Å². The number of para-hydroxylation sites is 2. The van der Waals surface area contributed by atoms with Gasteiger partial charge in [0.1, 0.15) is 5.03 Å². The molecule has 0 unspecified atom stereocenters. The first-order valence-electron chi connectivity index (χ1n) is 9.56. The zero-order valence-corrected chi connectivity index (χ0v) is 18.8. The van der Waals surface area contributed by atoms with Crippen molar-refractivity contribution in [3.63, 3.8) is 0 Å². The van der Waals surface area contributed by atoms with Crippen molar-refractivity contribution in [3.8, 4) is 0 Å². The molecule has 1 aromatic heterocycles. The molecule has 0 aliphatic rings. The molecule has 0 spiro atoms. The van der Waals surface area contributed by atoms with Gasteiger partial charge in [-0.15, -0.1) is 0 Å². The molecular weight excluding hydrogens is 458 g/mol. The molecule has 4 rings (SSSR count). The fraction of sp³-hybridized carbons (Fsp3) is 0.125. The molecule has 6 heteroatoms. The molecule has 0 saturated heterocycles. The minimum absolute atomic E-state index is 0.0708. The quantitative estimate of drug-likeness (QED) is 0.344. The number of fused-ring (bicyclic) bond motifs is 1. The number of hydrogen-bond acceptors (Lipinski definition) is 4. The molecule has 0 atom stereocenters. The van der Waals surface area contributed by atoms with Crippen molar-refractivity contribution in [2.45, 2.75) is 18.4 Å². The lowest BCUT2D eigenvalue weighted by Gasteiger charge is -2.10. The van der Waals surface area contributed by atoms with Crippen molar-refractivity contribution in [3.05, 3.63) is 94.1 Å². The highest BCUT2D eigenvalue weighted by Crippen LogP contribution is 2.25. The van der Waals surface area contributed by atoms with E-state index in [-0.39, 0.29) is 11.7 Å². The van der Waals surface area contributed by atoms with Crippen molar-refractivity contribution in [1.82, 2.24) is 9.97 Å². The average Bonchev–Trinajstić information content (AvgIpc) is 2.75. The van der Waals surface area contributed by atoms with Crippen LogP contribution in [0.1, 0.15) is 16.8 Å². The zero-order valence-electron chi connectivity index (χ0n) is 16.4. The van der Waals surface area contributed by atoms with Gasteiger partial charge in [-0.1, -0.05) is 69.7 Å². The predicted molar refractivity (Wildman–Crippen MR) is 127 cm³/mol. The fourth-order valence-electron chi connectivity index (χ4n) is 3.01. The number of amides is 1. The number of nitrogens with zero attached hydrogens (tertiary/aromatic N) is 2. The Hall–Kier alpha value is -2.70. The molecule has 0 aliphatic carbocycles. The van der Waals surface area contributed by atoms with Crippen LogP contribution in [0.2, 0.25) is 0 Å². The Morgan fingerprint density at radius 1 is 0.933 bits per heavy atom. The normalized spacial score (nSPS) is 10.9. The number of aryl methyl sites for hydroxylation is 1. The molecule has 0 saturated carbocycles. The minimum atomic E-state index is -0.0708. The second kappa shape index (κ2) is 9.41. The van der Waals surface area contributed by atoms with E-state index in [1.165, 1.54) is 22.9 Å². The Bertz CT molecular complexity index is 1180. The van der Waals surface area contributed by atoms with Gasteiger partial charge >= 0.3 is 0 Å². The third-order valence-electron chi connectivity index (χ3n) is 4.57. The molecule has 0 aliphatic heterocycles. The molecule has 0 radical (unpaired) electrons. The Morgan fingerprint density at radius 2 is 1.60 bits per heavy atom. The SMILES string of the molecule is Cc1ccc(Cc2nc3ccccc3nc2SCC(=O)Nc2ccc(Br)cc2)cc1. The van der Waals surface area contributed by atoms with Crippen LogP contribution in [0.5, 0.6) is 0 Å². The summed E-state index contributed by atoms with van der Waals surface area (Å²) >= 11 is 4.82. The van der Waals surface area contributed by atoms with Crippen molar-refractivity contribution in [2.75, 3.05) is 11.1 Å². The van der Waals surface area contributed by atoms with Crippen molar-refractivity contribution in [1.29, 1.82) is 0 Å². The first-order chi connectivity index (χ1) is 14.6. The molecular formula is C24H20BrN3OS. The van der Waals surface area contributed by atoms with Crippen LogP contribution in [-0.2, 0) is 11.2 Å². The van der Waals surface area contributed by atoms with E-state index < -0.39 is 0 Å². The average molecular weight is 478 g/mol. The zero-order chi connectivity index (χ0) is 20.9. The Morgan fingerprint density at radius 3 is 2.30 bits per heavy atom. The largest absolute Gasteiger partial charge is 0.325 e. The van der Waals surface area contributed by atoms with E-state index in [4.69, 9.17) is 9.97 Å². The maximum absolute atomic E-state index is 12.4. The molecule has 30 heavy (non-hydrogen) atoms. The van der Waals surface area contributed by atoms with E-state index in [1.807, 2.05) is 48.5 Å². The highest BCUT2D eigenvalue weighted by atomic mass is 79.9. The van der Waals surface area contributed by atoms with Gasteiger partial charge in [-0.3, -0.25) is 4.79 Å². The summed E-state index contributed by atoms with van der Waals surface area (Å²) in [5.41, 5.74) is 5.76. The molecule has 1 amide bonds. The predicted octanol–water partition coefficient (Wildman–Crippen LogP) is 6.02. The standard InChI is InChI=1S/C24H20BrN3OS/c1-16-6-8-17(9-7-16)14-22-24(28-21-5-3-2-4-20(21)27-22)30-15-23(29)26-19-12-10-18(25)11-13-19/h2-13H,14-15H2,1H3,(H,26,29). The van der Waals surface area contributed by atoms with E-state index >= 15 is 0 Å². The summed E-state index contributed by atoms with van der Waals surface area (Å²) in [6.07, 6.45) is 0.675. The smallest absolute Gasteiger partial charge is 0.234 e. The number of benzene rings is 3. The Labute approximate surface area is 188 Å². The lowest BCUT2D eigenvalue weighted by Crippen LogP contribution is -2.14. The van der Waals surface area contributed by atoms with E-state index in [9.17, 15) is 4.79 Å². The van der Waals surface area contributed by atoms with Crippen LogP contribution in [0.4, 0.5) is 5.69 Å². The molecule has 4 nitrogen and oxygen atoms in total. The minimum Gasteiger partial charge on any atom is -0.325 e. The van der Waals surface area contributed by atoms with Gasteiger partial charge in [-0.2, -0.15) is 0 Å². The maximum Gasteiger partial charge on any atom is 0.234 e. The van der Waals surface area contributed by atoms with Gasteiger partial charge in [0.15, 0.2) is 0 Å². The van der Waals surface area contributed by atoms with Gasteiger partial charge in [0, 0.05) is 16.6 Å². The van der Waals surface area contributed by atoms with Crippen LogP contribution in [0.3, 0.4) is 0 Å².